The Morgan fingerprint density at radius 2 is 1.76 bits per heavy atom. The van der Waals surface area contributed by atoms with E-state index in [0.717, 1.165) is 22.1 Å². The van der Waals surface area contributed by atoms with Crippen molar-refractivity contribution >= 4 is 34.0 Å². The molecule has 1 aliphatic rings. The number of allylic oxidation sites excluding steroid dienone is 2. The molecule has 0 aromatic heterocycles. The maximum atomic E-state index is 13.6. The van der Waals surface area contributed by atoms with Crippen LogP contribution in [0.5, 0.6) is 0 Å². The average Bonchev–Trinajstić information content (AvgIpc) is 2.91. The highest BCUT2D eigenvalue weighted by Gasteiger charge is 2.20. The van der Waals surface area contributed by atoms with Gasteiger partial charge in [0, 0.05) is 0 Å². The van der Waals surface area contributed by atoms with Crippen molar-refractivity contribution in [2.24, 2.45) is 0 Å². The van der Waals surface area contributed by atoms with E-state index in [-0.39, 0.29) is 12.2 Å². The van der Waals surface area contributed by atoms with E-state index in [9.17, 15) is 9.18 Å². The Morgan fingerprint density at radius 1 is 0.960 bits per heavy atom. The Kier molecular flexibility index (Phi) is 3.69. The van der Waals surface area contributed by atoms with Gasteiger partial charge in [-0.2, -0.15) is 0 Å². The molecule has 0 atom stereocenters. The number of hydrogen-bond acceptors (Lipinski definition) is 1. The van der Waals surface area contributed by atoms with Crippen LogP contribution in [0.3, 0.4) is 0 Å². The van der Waals surface area contributed by atoms with Gasteiger partial charge in [-0.15, -0.1) is 0 Å². The number of rotatable bonds is 3. The quantitative estimate of drug-likeness (QED) is 0.699. The second kappa shape index (κ2) is 6.02. The molecule has 4 rings (SSSR count). The topological polar surface area (TPSA) is 37.3 Å². The highest BCUT2D eigenvalue weighted by Crippen LogP contribution is 2.38. The molecule has 25 heavy (non-hydrogen) atoms. The van der Waals surface area contributed by atoms with E-state index in [1.54, 1.807) is 6.07 Å². The molecular formula is C22H15FO2. The molecule has 0 fully saturated rings. The lowest BCUT2D eigenvalue weighted by atomic mass is 10.0. The van der Waals surface area contributed by atoms with Crippen LogP contribution in [0.4, 0.5) is 4.39 Å². The van der Waals surface area contributed by atoms with E-state index < -0.39 is 5.97 Å². The fraction of sp³-hybridized carbons (Fsp3) is 0.0455. The van der Waals surface area contributed by atoms with Gasteiger partial charge in [0.25, 0.3) is 0 Å². The molecule has 0 amide bonds. The summed E-state index contributed by atoms with van der Waals surface area (Å²) in [5.74, 6) is -1.28. The first-order valence-electron chi connectivity index (χ1n) is 8.03. The molecule has 0 spiro atoms. The lowest BCUT2D eigenvalue weighted by Crippen LogP contribution is -1.96. The molecule has 0 radical (unpaired) electrons. The van der Waals surface area contributed by atoms with Gasteiger partial charge in [-0.1, -0.05) is 42.5 Å². The van der Waals surface area contributed by atoms with Crippen LogP contribution in [-0.4, -0.2) is 11.1 Å². The second-order valence-electron chi connectivity index (χ2n) is 6.14. The molecule has 122 valence electrons. The predicted molar refractivity (Wildman–Crippen MR) is 98.4 cm³/mol. The van der Waals surface area contributed by atoms with Gasteiger partial charge in [0.15, 0.2) is 0 Å². The van der Waals surface area contributed by atoms with Crippen molar-refractivity contribution in [2.45, 2.75) is 6.42 Å². The smallest absolute Gasteiger partial charge is 0.307 e. The normalized spacial score (nSPS) is 14.6. The zero-order valence-corrected chi connectivity index (χ0v) is 13.4. The lowest BCUT2D eigenvalue weighted by molar-refractivity contribution is -0.135. The Morgan fingerprint density at radius 3 is 2.56 bits per heavy atom. The first kappa shape index (κ1) is 15.3. The van der Waals surface area contributed by atoms with E-state index >= 15 is 0 Å². The summed E-state index contributed by atoms with van der Waals surface area (Å²) in [6, 6.07) is 18.8. The predicted octanol–water partition coefficient (Wildman–Crippen LogP) is 5.39. The molecule has 3 aromatic rings. The first-order chi connectivity index (χ1) is 12.1. The van der Waals surface area contributed by atoms with E-state index in [4.69, 9.17) is 5.11 Å². The second-order valence-corrected chi connectivity index (χ2v) is 6.14. The fourth-order valence-electron chi connectivity index (χ4n) is 3.28. The molecule has 1 aliphatic carbocycles. The monoisotopic (exact) mass is 330 g/mol. The number of fused-ring (bicyclic) bond motifs is 2. The third-order valence-electron chi connectivity index (χ3n) is 4.41. The molecule has 0 aliphatic heterocycles. The number of hydrogen-bond donors (Lipinski definition) is 1. The van der Waals surface area contributed by atoms with E-state index in [0.29, 0.717) is 11.1 Å². The number of benzene rings is 3. The van der Waals surface area contributed by atoms with Crippen molar-refractivity contribution in [3.8, 4) is 0 Å². The third kappa shape index (κ3) is 2.96. The number of carbonyl (C=O) groups is 1. The van der Waals surface area contributed by atoms with Gasteiger partial charge in [-0.25, -0.2) is 4.39 Å². The third-order valence-corrected chi connectivity index (χ3v) is 4.41. The highest BCUT2D eigenvalue weighted by atomic mass is 19.1. The molecule has 0 saturated carbocycles. The first-order valence-corrected chi connectivity index (χ1v) is 8.03. The summed E-state index contributed by atoms with van der Waals surface area (Å²) in [6.45, 7) is 0. The van der Waals surface area contributed by atoms with Crippen LogP contribution in [0, 0.1) is 5.82 Å². The summed E-state index contributed by atoms with van der Waals surface area (Å²) < 4.78 is 13.6. The highest BCUT2D eigenvalue weighted by molar-refractivity contribution is 6.04. The maximum Gasteiger partial charge on any atom is 0.307 e. The van der Waals surface area contributed by atoms with Gasteiger partial charge in [0.05, 0.1) is 6.42 Å². The summed E-state index contributed by atoms with van der Waals surface area (Å²) >= 11 is 0. The van der Waals surface area contributed by atoms with Crippen LogP contribution in [-0.2, 0) is 4.79 Å². The van der Waals surface area contributed by atoms with Crippen LogP contribution in [0.1, 0.15) is 23.1 Å². The van der Waals surface area contributed by atoms with Crippen molar-refractivity contribution in [3.05, 3.63) is 89.2 Å². The molecule has 0 heterocycles. The van der Waals surface area contributed by atoms with Gasteiger partial charge in [0.2, 0.25) is 0 Å². The zero-order chi connectivity index (χ0) is 17.4. The molecule has 1 N–H and O–H groups in total. The van der Waals surface area contributed by atoms with Crippen molar-refractivity contribution in [1.29, 1.82) is 0 Å². The fourth-order valence-corrected chi connectivity index (χ4v) is 3.28. The molecule has 3 aromatic carbocycles. The Bertz CT molecular complexity index is 1060. The van der Waals surface area contributed by atoms with Crippen molar-refractivity contribution in [1.82, 2.24) is 0 Å². The summed E-state index contributed by atoms with van der Waals surface area (Å²) in [5.41, 5.74) is 4.09. The van der Waals surface area contributed by atoms with Crippen LogP contribution in [0.2, 0.25) is 0 Å². The maximum absolute atomic E-state index is 13.6. The van der Waals surface area contributed by atoms with Crippen LogP contribution in [0.25, 0.3) is 28.0 Å². The summed E-state index contributed by atoms with van der Waals surface area (Å²) in [7, 11) is 0. The van der Waals surface area contributed by atoms with Crippen molar-refractivity contribution < 1.29 is 14.3 Å². The van der Waals surface area contributed by atoms with Crippen LogP contribution < -0.4 is 0 Å². The summed E-state index contributed by atoms with van der Waals surface area (Å²) in [4.78, 5) is 11.1. The minimum absolute atomic E-state index is 0.120. The van der Waals surface area contributed by atoms with Crippen molar-refractivity contribution in [2.75, 3.05) is 0 Å². The Balaban J connectivity index is 1.82. The van der Waals surface area contributed by atoms with Gasteiger partial charge in [-0.05, 0) is 69.0 Å². The molecule has 0 bridgehead atoms. The number of halogens is 1. The van der Waals surface area contributed by atoms with Gasteiger partial charge in [0.1, 0.15) is 5.82 Å². The average molecular weight is 330 g/mol. The molecule has 0 unspecified atom stereocenters. The van der Waals surface area contributed by atoms with E-state index in [1.165, 1.54) is 17.5 Å². The van der Waals surface area contributed by atoms with Crippen LogP contribution >= 0.6 is 0 Å². The van der Waals surface area contributed by atoms with E-state index in [1.807, 2.05) is 30.4 Å². The summed E-state index contributed by atoms with van der Waals surface area (Å²) in [6.07, 6.45) is 3.73. The standard InChI is InChI=1S/C22H15FO2/c23-19-7-8-20-17(11-18(12-22(24)25)21(20)13-19)10-14-5-6-15-3-1-2-4-16(15)9-14/h1-11,13H,12H2,(H,24,25). The number of carboxylic acids is 1. The summed E-state index contributed by atoms with van der Waals surface area (Å²) in [5, 5.41) is 11.4. The largest absolute Gasteiger partial charge is 0.481 e. The van der Waals surface area contributed by atoms with Gasteiger partial charge < -0.3 is 5.11 Å². The zero-order valence-electron chi connectivity index (χ0n) is 13.4. The minimum atomic E-state index is -0.923. The molecule has 0 saturated heterocycles. The van der Waals surface area contributed by atoms with E-state index in [2.05, 4.69) is 24.3 Å². The minimum Gasteiger partial charge on any atom is -0.481 e. The molecule has 2 nitrogen and oxygen atoms in total. The Hall–Kier alpha value is -3.20. The van der Waals surface area contributed by atoms with Gasteiger partial charge >= 0.3 is 5.97 Å². The Labute approximate surface area is 144 Å². The molecular weight excluding hydrogens is 315 g/mol. The SMILES string of the molecule is O=C(O)CC1=CC(=Cc2ccc3ccccc3c2)c2ccc(F)cc21. The van der Waals surface area contributed by atoms with Crippen LogP contribution in [0.15, 0.2) is 66.7 Å². The van der Waals surface area contributed by atoms with Gasteiger partial charge in [-0.3, -0.25) is 4.79 Å². The van der Waals surface area contributed by atoms with Crippen molar-refractivity contribution in [3.63, 3.8) is 0 Å². The number of carboxylic acid groups (broad SMARTS) is 1. The molecule has 3 heteroatoms. The lowest BCUT2D eigenvalue weighted by Gasteiger charge is -2.05. The number of aliphatic carboxylic acids is 1.